The van der Waals surface area contributed by atoms with Crippen molar-refractivity contribution in [2.24, 2.45) is 16.7 Å². The van der Waals surface area contributed by atoms with Gasteiger partial charge in [0.2, 0.25) is 0 Å². The summed E-state index contributed by atoms with van der Waals surface area (Å²) >= 11 is 0. The van der Waals surface area contributed by atoms with E-state index in [0.29, 0.717) is 16.9 Å². The van der Waals surface area contributed by atoms with E-state index >= 15 is 0 Å². The SMILES string of the molecule is CN(C)c1ccncc1NC1CC2CCC1(C)C2(C)C. The molecule has 0 aliphatic heterocycles. The van der Waals surface area contributed by atoms with Gasteiger partial charge in [0.25, 0.3) is 0 Å². The Labute approximate surface area is 122 Å². The molecule has 2 fully saturated rings. The van der Waals surface area contributed by atoms with Gasteiger partial charge in [-0.1, -0.05) is 20.8 Å². The minimum Gasteiger partial charge on any atom is -0.379 e. The van der Waals surface area contributed by atoms with Gasteiger partial charge in [-0.15, -0.1) is 0 Å². The maximum absolute atomic E-state index is 4.30. The number of nitrogens with zero attached hydrogens (tertiary/aromatic N) is 2. The van der Waals surface area contributed by atoms with Crippen LogP contribution in [0.25, 0.3) is 0 Å². The normalized spacial score (nSPS) is 34.2. The number of pyridine rings is 1. The quantitative estimate of drug-likeness (QED) is 0.908. The summed E-state index contributed by atoms with van der Waals surface area (Å²) < 4.78 is 0. The van der Waals surface area contributed by atoms with Crippen molar-refractivity contribution in [2.75, 3.05) is 24.3 Å². The van der Waals surface area contributed by atoms with Gasteiger partial charge in [-0.3, -0.25) is 4.98 Å². The summed E-state index contributed by atoms with van der Waals surface area (Å²) in [5.74, 6) is 0.865. The number of rotatable bonds is 3. The highest BCUT2D eigenvalue weighted by Crippen LogP contribution is 2.66. The molecule has 0 spiro atoms. The monoisotopic (exact) mass is 273 g/mol. The van der Waals surface area contributed by atoms with Gasteiger partial charge >= 0.3 is 0 Å². The molecule has 0 aromatic carbocycles. The Morgan fingerprint density at radius 1 is 1.30 bits per heavy atom. The Morgan fingerprint density at radius 3 is 2.60 bits per heavy atom. The average Bonchev–Trinajstić information content (AvgIpc) is 2.72. The molecule has 3 rings (SSSR count). The first-order chi connectivity index (χ1) is 9.36. The molecule has 0 saturated heterocycles. The van der Waals surface area contributed by atoms with Crippen molar-refractivity contribution < 1.29 is 0 Å². The second kappa shape index (κ2) is 4.37. The van der Waals surface area contributed by atoms with E-state index in [1.807, 2.05) is 12.4 Å². The molecule has 1 aromatic heterocycles. The van der Waals surface area contributed by atoms with Crippen molar-refractivity contribution in [3.63, 3.8) is 0 Å². The number of anilines is 2. The van der Waals surface area contributed by atoms with Gasteiger partial charge in [-0.2, -0.15) is 0 Å². The van der Waals surface area contributed by atoms with Crippen LogP contribution < -0.4 is 10.2 Å². The van der Waals surface area contributed by atoms with Crippen LogP contribution in [-0.2, 0) is 0 Å². The van der Waals surface area contributed by atoms with Gasteiger partial charge in [0.1, 0.15) is 0 Å². The van der Waals surface area contributed by atoms with Crippen molar-refractivity contribution in [1.82, 2.24) is 4.98 Å². The van der Waals surface area contributed by atoms with Crippen molar-refractivity contribution in [3.05, 3.63) is 18.5 Å². The molecular formula is C17H27N3. The summed E-state index contributed by atoms with van der Waals surface area (Å²) in [5, 5.41) is 3.81. The van der Waals surface area contributed by atoms with Crippen LogP contribution in [0.3, 0.4) is 0 Å². The highest BCUT2D eigenvalue weighted by molar-refractivity contribution is 5.68. The summed E-state index contributed by atoms with van der Waals surface area (Å²) in [7, 11) is 4.18. The predicted octanol–water partition coefficient (Wildman–Crippen LogP) is 3.77. The molecule has 2 bridgehead atoms. The Morgan fingerprint density at radius 2 is 2.05 bits per heavy atom. The second-order valence-corrected chi connectivity index (χ2v) is 7.59. The molecule has 2 aliphatic carbocycles. The lowest BCUT2D eigenvalue weighted by molar-refractivity contribution is 0.142. The van der Waals surface area contributed by atoms with Crippen LogP contribution in [0.1, 0.15) is 40.0 Å². The van der Waals surface area contributed by atoms with Crippen molar-refractivity contribution >= 4 is 11.4 Å². The lowest BCUT2D eigenvalue weighted by atomic mass is 9.69. The van der Waals surface area contributed by atoms with E-state index in [9.17, 15) is 0 Å². The summed E-state index contributed by atoms with van der Waals surface area (Å²) in [6, 6.07) is 2.65. The highest BCUT2D eigenvalue weighted by Gasteiger charge is 2.61. The first kappa shape index (κ1) is 13.7. The average molecular weight is 273 g/mol. The number of hydrogen-bond donors (Lipinski definition) is 1. The van der Waals surface area contributed by atoms with Crippen LogP contribution in [0, 0.1) is 16.7 Å². The maximum Gasteiger partial charge on any atom is 0.0766 e. The molecular weight excluding hydrogens is 246 g/mol. The molecule has 110 valence electrons. The van der Waals surface area contributed by atoms with E-state index in [2.05, 4.69) is 56.1 Å². The molecule has 0 amide bonds. The molecule has 3 heteroatoms. The fourth-order valence-electron chi connectivity index (χ4n) is 4.50. The van der Waals surface area contributed by atoms with Gasteiger partial charge in [0, 0.05) is 26.3 Å². The summed E-state index contributed by atoms with van der Waals surface area (Å²) in [6.07, 6.45) is 7.88. The first-order valence-corrected chi connectivity index (χ1v) is 7.74. The topological polar surface area (TPSA) is 28.2 Å². The van der Waals surface area contributed by atoms with Crippen LogP contribution in [-0.4, -0.2) is 25.1 Å². The Kier molecular flexibility index (Phi) is 3.00. The zero-order chi connectivity index (χ0) is 14.5. The molecule has 0 radical (unpaired) electrons. The minimum atomic E-state index is 0.400. The summed E-state index contributed by atoms with van der Waals surface area (Å²) in [6.45, 7) is 7.40. The smallest absolute Gasteiger partial charge is 0.0766 e. The van der Waals surface area contributed by atoms with Gasteiger partial charge in [-0.05, 0) is 42.1 Å². The number of hydrogen-bond acceptors (Lipinski definition) is 3. The zero-order valence-corrected chi connectivity index (χ0v) is 13.4. The number of nitrogens with one attached hydrogen (secondary N) is 1. The Bertz CT molecular complexity index is 509. The third kappa shape index (κ3) is 1.75. The van der Waals surface area contributed by atoms with Crippen molar-refractivity contribution in [2.45, 2.75) is 46.1 Å². The molecule has 3 atom stereocenters. The number of fused-ring (bicyclic) bond motifs is 2. The van der Waals surface area contributed by atoms with Crippen LogP contribution in [0.5, 0.6) is 0 Å². The fourth-order valence-corrected chi connectivity index (χ4v) is 4.50. The minimum absolute atomic E-state index is 0.400. The second-order valence-electron chi connectivity index (χ2n) is 7.59. The Balaban J connectivity index is 1.87. The summed E-state index contributed by atoms with van der Waals surface area (Å²) in [5.41, 5.74) is 3.25. The standard InChI is InChI=1S/C17H27N3/c1-16(2)12-6-8-17(16,3)15(10-12)19-13-11-18-9-7-14(13)20(4)5/h7,9,11-12,15,19H,6,8,10H2,1-5H3. The first-order valence-electron chi connectivity index (χ1n) is 7.74. The van der Waals surface area contributed by atoms with Crippen LogP contribution in [0.15, 0.2) is 18.5 Å². The lowest BCUT2D eigenvalue weighted by Gasteiger charge is -2.40. The van der Waals surface area contributed by atoms with E-state index < -0.39 is 0 Å². The largest absolute Gasteiger partial charge is 0.379 e. The Hall–Kier alpha value is -1.25. The van der Waals surface area contributed by atoms with E-state index in [0.717, 1.165) is 5.92 Å². The molecule has 1 aromatic rings. The van der Waals surface area contributed by atoms with Crippen molar-refractivity contribution in [3.8, 4) is 0 Å². The molecule has 3 unspecified atom stereocenters. The number of aromatic nitrogens is 1. The van der Waals surface area contributed by atoms with Gasteiger partial charge < -0.3 is 10.2 Å². The third-order valence-corrected chi connectivity index (χ3v) is 6.40. The molecule has 1 N–H and O–H groups in total. The highest BCUT2D eigenvalue weighted by atomic mass is 15.1. The molecule has 3 nitrogen and oxygen atoms in total. The van der Waals surface area contributed by atoms with E-state index in [1.165, 1.54) is 30.6 Å². The molecule has 2 saturated carbocycles. The van der Waals surface area contributed by atoms with Crippen LogP contribution in [0.2, 0.25) is 0 Å². The van der Waals surface area contributed by atoms with E-state index in [-0.39, 0.29) is 0 Å². The lowest BCUT2D eigenvalue weighted by Crippen LogP contribution is -2.40. The van der Waals surface area contributed by atoms with Gasteiger partial charge in [-0.25, -0.2) is 0 Å². The van der Waals surface area contributed by atoms with Crippen LogP contribution in [0.4, 0.5) is 11.4 Å². The fraction of sp³-hybridized carbons (Fsp3) is 0.706. The van der Waals surface area contributed by atoms with E-state index in [1.54, 1.807) is 0 Å². The molecule has 2 aliphatic rings. The van der Waals surface area contributed by atoms with E-state index in [4.69, 9.17) is 0 Å². The van der Waals surface area contributed by atoms with Crippen LogP contribution >= 0.6 is 0 Å². The zero-order valence-electron chi connectivity index (χ0n) is 13.4. The molecule has 1 heterocycles. The third-order valence-electron chi connectivity index (χ3n) is 6.40. The maximum atomic E-state index is 4.30. The molecule has 20 heavy (non-hydrogen) atoms. The van der Waals surface area contributed by atoms with Gasteiger partial charge in [0.05, 0.1) is 17.6 Å². The van der Waals surface area contributed by atoms with Crippen molar-refractivity contribution in [1.29, 1.82) is 0 Å². The van der Waals surface area contributed by atoms with Gasteiger partial charge in [0.15, 0.2) is 0 Å². The predicted molar refractivity (Wildman–Crippen MR) is 85.2 cm³/mol. The summed E-state index contributed by atoms with van der Waals surface area (Å²) in [4.78, 5) is 6.46.